The lowest BCUT2D eigenvalue weighted by atomic mass is 10.7. The van der Waals surface area contributed by atoms with Crippen LogP contribution in [0.15, 0.2) is 0 Å². The molecule has 0 spiro atoms. The van der Waals surface area contributed by atoms with Crippen molar-refractivity contribution in [1.29, 1.82) is 0 Å². The van der Waals surface area contributed by atoms with Crippen LogP contribution in [0.25, 0.3) is 0 Å². The van der Waals surface area contributed by atoms with Crippen molar-refractivity contribution in [3.05, 3.63) is 0 Å². The zero-order valence-corrected chi connectivity index (χ0v) is 5.71. The Kier molecular flexibility index (Phi) is 3.00. The number of alkyl halides is 3. The quantitative estimate of drug-likeness (QED) is 0.624. The molecule has 54 valence electrons. The van der Waals surface area contributed by atoms with Crippen LogP contribution in [-0.4, -0.2) is 22.3 Å². The molecular formula is C3H4Cl2FNO2. The second kappa shape index (κ2) is 3.08. The van der Waals surface area contributed by atoms with Crippen LogP contribution in [0.2, 0.25) is 0 Å². The molecule has 0 aliphatic rings. The molecule has 0 aromatic heterocycles. The first kappa shape index (κ1) is 8.78. The minimum Gasteiger partial charge on any atom is -0.465 e. The molecule has 0 fully saturated rings. The highest BCUT2D eigenvalue weighted by atomic mass is 35.5. The summed E-state index contributed by atoms with van der Waals surface area (Å²) in [5, 5.41) is 9.54. The number of amides is 1. The standard InChI is InChI=1S/C3H4Cl2FNO2/c4-3(5,6)1-7-2(8)9/h7H,1H2,(H,8,9). The molecule has 0 saturated carbocycles. The largest absolute Gasteiger partial charge is 0.465 e. The molecule has 1 amide bonds. The second-order valence-electron chi connectivity index (χ2n) is 1.27. The van der Waals surface area contributed by atoms with Gasteiger partial charge in [0.25, 0.3) is 4.59 Å². The Balaban J connectivity index is 3.39. The Bertz CT molecular complexity index is 113. The van der Waals surface area contributed by atoms with Crippen molar-refractivity contribution in [1.82, 2.24) is 5.32 Å². The van der Waals surface area contributed by atoms with Crippen molar-refractivity contribution in [2.24, 2.45) is 0 Å². The van der Waals surface area contributed by atoms with Gasteiger partial charge in [0.2, 0.25) is 0 Å². The van der Waals surface area contributed by atoms with E-state index in [9.17, 15) is 9.18 Å². The molecular weight excluding hydrogens is 172 g/mol. The van der Waals surface area contributed by atoms with Gasteiger partial charge in [0.15, 0.2) is 0 Å². The van der Waals surface area contributed by atoms with E-state index in [1.807, 2.05) is 0 Å². The van der Waals surface area contributed by atoms with Crippen molar-refractivity contribution >= 4 is 29.3 Å². The van der Waals surface area contributed by atoms with E-state index in [2.05, 4.69) is 0 Å². The summed E-state index contributed by atoms with van der Waals surface area (Å²) in [6.07, 6.45) is -1.36. The van der Waals surface area contributed by atoms with Gasteiger partial charge in [0.1, 0.15) is 0 Å². The van der Waals surface area contributed by atoms with Gasteiger partial charge in [-0.3, -0.25) is 0 Å². The van der Waals surface area contributed by atoms with Crippen molar-refractivity contribution in [3.63, 3.8) is 0 Å². The third kappa shape index (κ3) is 7.78. The molecule has 0 aliphatic heterocycles. The molecule has 0 aromatic carbocycles. The third-order valence-corrected chi connectivity index (χ3v) is 0.707. The van der Waals surface area contributed by atoms with Crippen molar-refractivity contribution in [3.8, 4) is 0 Å². The lowest BCUT2D eigenvalue weighted by Gasteiger charge is -2.06. The molecule has 0 aromatic rings. The average Bonchev–Trinajstić information content (AvgIpc) is 1.59. The van der Waals surface area contributed by atoms with E-state index < -0.39 is 17.2 Å². The van der Waals surface area contributed by atoms with E-state index in [1.54, 1.807) is 5.32 Å². The molecule has 0 unspecified atom stereocenters. The van der Waals surface area contributed by atoms with Gasteiger partial charge in [0.05, 0.1) is 6.54 Å². The van der Waals surface area contributed by atoms with E-state index in [1.165, 1.54) is 0 Å². The summed E-state index contributed by atoms with van der Waals surface area (Å²) in [6.45, 7) is -0.633. The first-order valence-corrected chi connectivity index (χ1v) is 2.71. The number of hydrogen-bond donors (Lipinski definition) is 2. The molecule has 0 rings (SSSR count). The fourth-order valence-corrected chi connectivity index (χ4v) is 0.309. The van der Waals surface area contributed by atoms with Crippen LogP contribution < -0.4 is 5.32 Å². The summed E-state index contributed by atoms with van der Waals surface area (Å²) in [5.74, 6) is 0. The van der Waals surface area contributed by atoms with Crippen LogP contribution in [0.5, 0.6) is 0 Å². The summed E-state index contributed by atoms with van der Waals surface area (Å²) in [7, 11) is 0. The lowest BCUT2D eigenvalue weighted by molar-refractivity contribution is 0.191. The van der Waals surface area contributed by atoms with E-state index in [0.717, 1.165) is 0 Å². The van der Waals surface area contributed by atoms with Crippen LogP contribution in [0.4, 0.5) is 9.18 Å². The molecule has 0 radical (unpaired) electrons. The minimum atomic E-state index is -2.52. The van der Waals surface area contributed by atoms with E-state index in [0.29, 0.717) is 0 Å². The Morgan fingerprint density at radius 2 is 2.22 bits per heavy atom. The topological polar surface area (TPSA) is 49.3 Å². The number of halogens is 3. The number of rotatable bonds is 2. The molecule has 0 aliphatic carbocycles. The van der Waals surface area contributed by atoms with Gasteiger partial charge >= 0.3 is 6.09 Å². The van der Waals surface area contributed by atoms with Crippen molar-refractivity contribution < 1.29 is 14.3 Å². The van der Waals surface area contributed by atoms with E-state index in [-0.39, 0.29) is 0 Å². The Labute approximate surface area is 60.7 Å². The molecule has 0 heterocycles. The first-order valence-electron chi connectivity index (χ1n) is 1.95. The van der Waals surface area contributed by atoms with Crippen LogP contribution in [0.3, 0.4) is 0 Å². The lowest BCUT2D eigenvalue weighted by Crippen LogP contribution is -2.31. The number of carboxylic acid groups (broad SMARTS) is 1. The SMILES string of the molecule is O=C(O)NCC(F)(Cl)Cl. The predicted octanol–water partition coefficient (Wildman–Crippen LogP) is 1.35. The van der Waals surface area contributed by atoms with Crippen molar-refractivity contribution in [2.75, 3.05) is 6.54 Å². The van der Waals surface area contributed by atoms with Crippen LogP contribution in [-0.2, 0) is 0 Å². The van der Waals surface area contributed by atoms with Crippen molar-refractivity contribution in [2.45, 2.75) is 4.59 Å². The van der Waals surface area contributed by atoms with Gasteiger partial charge in [-0.2, -0.15) is 0 Å². The molecule has 9 heavy (non-hydrogen) atoms. The maximum atomic E-state index is 12.0. The maximum absolute atomic E-state index is 12.0. The van der Waals surface area contributed by atoms with E-state index in [4.69, 9.17) is 28.3 Å². The summed E-state index contributed by atoms with van der Waals surface area (Å²) in [6, 6.07) is 0. The first-order chi connectivity index (χ1) is 3.92. The van der Waals surface area contributed by atoms with Gasteiger partial charge in [-0.15, -0.1) is 0 Å². The van der Waals surface area contributed by atoms with Crippen LogP contribution in [0.1, 0.15) is 0 Å². The Hall–Kier alpha value is -0.220. The molecule has 0 bridgehead atoms. The van der Waals surface area contributed by atoms with Gasteiger partial charge in [-0.05, 0) is 0 Å². The average molecular weight is 176 g/mol. The summed E-state index contributed by atoms with van der Waals surface area (Å²) in [4.78, 5) is 9.65. The Morgan fingerprint density at radius 3 is 2.33 bits per heavy atom. The highest BCUT2D eigenvalue weighted by Crippen LogP contribution is 2.20. The highest BCUT2D eigenvalue weighted by molar-refractivity contribution is 6.47. The second-order valence-corrected chi connectivity index (χ2v) is 2.67. The molecule has 6 heteroatoms. The Morgan fingerprint density at radius 1 is 1.78 bits per heavy atom. The normalized spacial score (nSPS) is 11.0. The highest BCUT2D eigenvalue weighted by Gasteiger charge is 2.22. The number of carbonyl (C=O) groups is 1. The summed E-state index contributed by atoms with van der Waals surface area (Å²) in [5.41, 5.74) is 0. The minimum absolute atomic E-state index is 0.633. The van der Waals surface area contributed by atoms with Crippen LogP contribution in [0, 0.1) is 0 Å². The monoisotopic (exact) mass is 175 g/mol. The maximum Gasteiger partial charge on any atom is 0.404 e. The van der Waals surface area contributed by atoms with Gasteiger partial charge in [-0.1, -0.05) is 23.2 Å². The summed E-state index contributed by atoms with van der Waals surface area (Å²) < 4.78 is 9.44. The molecule has 0 saturated heterocycles. The fraction of sp³-hybridized carbons (Fsp3) is 0.667. The fourth-order valence-electron chi connectivity index (χ4n) is 0.176. The zero-order chi connectivity index (χ0) is 7.49. The third-order valence-electron chi connectivity index (χ3n) is 0.440. The predicted molar refractivity (Wildman–Crippen MR) is 31.6 cm³/mol. The molecule has 3 nitrogen and oxygen atoms in total. The zero-order valence-electron chi connectivity index (χ0n) is 4.20. The van der Waals surface area contributed by atoms with Gasteiger partial charge in [0, 0.05) is 0 Å². The number of nitrogens with one attached hydrogen (secondary N) is 1. The van der Waals surface area contributed by atoms with E-state index >= 15 is 0 Å². The van der Waals surface area contributed by atoms with Gasteiger partial charge in [-0.25, -0.2) is 9.18 Å². The smallest absolute Gasteiger partial charge is 0.404 e. The molecule has 2 N–H and O–H groups in total. The van der Waals surface area contributed by atoms with Gasteiger partial charge < -0.3 is 10.4 Å². The summed E-state index contributed by atoms with van der Waals surface area (Å²) >= 11 is 9.50. The number of hydrogen-bond acceptors (Lipinski definition) is 1. The molecule has 0 atom stereocenters. The van der Waals surface area contributed by atoms with Crippen LogP contribution >= 0.6 is 23.2 Å².